The van der Waals surface area contributed by atoms with Crippen LogP contribution in [0.1, 0.15) is 39.4 Å². The maximum atomic E-state index is 12.4. The van der Waals surface area contributed by atoms with E-state index >= 15 is 0 Å². The number of rotatable bonds is 2. The van der Waals surface area contributed by atoms with Crippen LogP contribution in [-0.2, 0) is 17.6 Å². The van der Waals surface area contributed by atoms with E-state index in [0.29, 0.717) is 0 Å². The third kappa shape index (κ3) is 2.46. The van der Waals surface area contributed by atoms with Crippen LogP contribution < -0.4 is 5.32 Å². The Morgan fingerprint density at radius 1 is 1.35 bits per heavy atom. The van der Waals surface area contributed by atoms with Gasteiger partial charge in [0.1, 0.15) is 0 Å². The maximum absolute atomic E-state index is 12.4. The Labute approximate surface area is 123 Å². The molecule has 2 amide bonds. The van der Waals surface area contributed by atoms with Crippen molar-refractivity contribution >= 4 is 23.2 Å². The summed E-state index contributed by atoms with van der Waals surface area (Å²) in [6, 6.07) is 2.02. The standard InChI is InChI=1S/C15H20N2O2S/c1-16-14(18)10-4-5-12-11(8-10)9-13(20-12)15(19)17-6-2-3-7-17/h9-10H,2-8H2,1H3,(H,16,18)/t10-/m1/s1. The number of carbonyl (C=O) groups excluding carboxylic acids is 2. The average Bonchev–Trinajstić information content (AvgIpc) is 3.13. The van der Waals surface area contributed by atoms with Gasteiger partial charge < -0.3 is 10.2 Å². The van der Waals surface area contributed by atoms with E-state index in [2.05, 4.69) is 5.32 Å². The number of hydrogen-bond acceptors (Lipinski definition) is 3. The molecular formula is C15H20N2O2S. The fourth-order valence-corrected chi connectivity index (χ4v) is 4.31. The topological polar surface area (TPSA) is 49.4 Å². The van der Waals surface area contributed by atoms with Gasteiger partial charge in [0, 0.05) is 30.9 Å². The SMILES string of the molecule is CNC(=O)[C@@H]1CCc2sc(C(=O)N3CCCC3)cc2C1. The Morgan fingerprint density at radius 2 is 2.10 bits per heavy atom. The number of nitrogens with zero attached hydrogens (tertiary/aromatic N) is 1. The number of likely N-dealkylation sites (tertiary alicyclic amines) is 1. The van der Waals surface area contributed by atoms with Crippen LogP contribution in [0, 0.1) is 5.92 Å². The van der Waals surface area contributed by atoms with Crippen molar-refractivity contribution < 1.29 is 9.59 Å². The molecular weight excluding hydrogens is 272 g/mol. The first-order valence-corrected chi connectivity index (χ1v) is 8.13. The zero-order valence-corrected chi connectivity index (χ0v) is 12.6. The summed E-state index contributed by atoms with van der Waals surface area (Å²) in [5, 5.41) is 2.73. The lowest BCUT2D eigenvalue weighted by atomic mass is 9.88. The Bertz CT molecular complexity index is 532. The molecule has 3 rings (SSSR count). The minimum Gasteiger partial charge on any atom is -0.359 e. The largest absolute Gasteiger partial charge is 0.359 e. The predicted molar refractivity (Wildman–Crippen MR) is 79.0 cm³/mol. The van der Waals surface area contributed by atoms with Crippen molar-refractivity contribution in [2.75, 3.05) is 20.1 Å². The molecule has 0 unspecified atom stereocenters. The van der Waals surface area contributed by atoms with E-state index in [1.807, 2.05) is 11.0 Å². The lowest BCUT2D eigenvalue weighted by molar-refractivity contribution is -0.124. The third-order valence-corrected chi connectivity index (χ3v) is 5.53. The number of hydrogen-bond donors (Lipinski definition) is 1. The van der Waals surface area contributed by atoms with Crippen LogP contribution >= 0.6 is 11.3 Å². The van der Waals surface area contributed by atoms with Crippen LogP contribution in [0.4, 0.5) is 0 Å². The first kappa shape index (κ1) is 13.6. The Morgan fingerprint density at radius 3 is 2.80 bits per heavy atom. The first-order chi connectivity index (χ1) is 9.69. The summed E-state index contributed by atoms with van der Waals surface area (Å²) < 4.78 is 0. The third-order valence-electron chi connectivity index (χ3n) is 4.30. The summed E-state index contributed by atoms with van der Waals surface area (Å²) in [6.07, 6.45) is 4.83. The lowest BCUT2D eigenvalue weighted by Gasteiger charge is -2.20. The quantitative estimate of drug-likeness (QED) is 0.904. The maximum Gasteiger partial charge on any atom is 0.263 e. The van der Waals surface area contributed by atoms with E-state index in [4.69, 9.17) is 0 Å². The highest BCUT2D eigenvalue weighted by Crippen LogP contribution is 2.33. The van der Waals surface area contributed by atoms with Gasteiger partial charge in [-0.3, -0.25) is 9.59 Å². The van der Waals surface area contributed by atoms with E-state index in [1.54, 1.807) is 18.4 Å². The van der Waals surface area contributed by atoms with Crippen LogP contribution in [0.25, 0.3) is 0 Å². The average molecular weight is 292 g/mol. The molecule has 1 atom stereocenters. The molecule has 20 heavy (non-hydrogen) atoms. The zero-order valence-electron chi connectivity index (χ0n) is 11.8. The van der Waals surface area contributed by atoms with Crippen molar-refractivity contribution in [3.8, 4) is 0 Å². The van der Waals surface area contributed by atoms with Crippen LogP contribution in [0.3, 0.4) is 0 Å². The monoisotopic (exact) mass is 292 g/mol. The van der Waals surface area contributed by atoms with Crippen LogP contribution in [-0.4, -0.2) is 36.9 Å². The van der Waals surface area contributed by atoms with Gasteiger partial charge in [-0.15, -0.1) is 11.3 Å². The van der Waals surface area contributed by atoms with E-state index in [-0.39, 0.29) is 17.7 Å². The second-order valence-electron chi connectivity index (χ2n) is 5.61. The molecule has 5 heteroatoms. The fraction of sp³-hybridized carbons (Fsp3) is 0.600. The molecule has 108 valence electrons. The number of fused-ring (bicyclic) bond motifs is 1. The molecule has 0 saturated carbocycles. The van der Waals surface area contributed by atoms with Gasteiger partial charge in [-0.25, -0.2) is 0 Å². The van der Waals surface area contributed by atoms with E-state index < -0.39 is 0 Å². The summed E-state index contributed by atoms with van der Waals surface area (Å²) in [5.74, 6) is 0.365. The normalized spacial score (nSPS) is 21.6. The first-order valence-electron chi connectivity index (χ1n) is 7.31. The Kier molecular flexibility index (Phi) is 3.78. The van der Waals surface area contributed by atoms with Crippen molar-refractivity contribution in [3.05, 3.63) is 21.4 Å². The van der Waals surface area contributed by atoms with E-state index in [9.17, 15) is 9.59 Å². The molecule has 0 aromatic carbocycles. The molecule has 0 radical (unpaired) electrons. The van der Waals surface area contributed by atoms with Gasteiger partial charge >= 0.3 is 0 Å². The molecule has 1 saturated heterocycles. The molecule has 1 aromatic rings. The van der Waals surface area contributed by atoms with Gasteiger partial charge in [-0.2, -0.15) is 0 Å². The number of carbonyl (C=O) groups is 2. The minimum absolute atomic E-state index is 0.0665. The van der Waals surface area contributed by atoms with Crippen LogP contribution in [0.2, 0.25) is 0 Å². The molecule has 1 N–H and O–H groups in total. The highest BCUT2D eigenvalue weighted by Gasteiger charge is 2.28. The van der Waals surface area contributed by atoms with Crippen LogP contribution in [0.15, 0.2) is 6.07 Å². The molecule has 1 aromatic heterocycles. The van der Waals surface area contributed by atoms with E-state index in [0.717, 1.165) is 50.1 Å². The predicted octanol–water partition coefficient (Wildman–Crippen LogP) is 1.84. The van der Waals surface area contributed by atoms with Crippen molar-refractivity contribution in [2.24, 2.45) is 5.92 Å². The second-order valence-corrected chi connectivity index (χ2v) is 6.75. The molecule has 2 aliphatic rings. The number of aryl methyl sites for hydroxylation is 1. The Balaban J connectivity index is 1.76. The molecule has 1 aliphatic heterocycles. The zero-order chi connectivity index (χ0) is 14.1. The Hall–Kier alpha value is -1.36. The highest BCUT2D eigenvalue weighted by atomic mass is 32.1. The summed E-state index contributed by atoms with van der Waals surface area (Å²) >= 11 is 1.63. The molecule has 2 heterocycles. The van der Waals surface area contributed by atoms with Gasteiger partial charge in [0.05, 0.1) is 4.88 Å². The lowest BCUT2D eigenvalue weighted by Crippen LogP contribution is -2.31. The van der Waals surface area contributed by atoms with Gasteiger partial charge in [-0.05, 0) is 43.7 Å². The smallest absolute Gasteiger partial charge is 0.263 e. The molecule has 1 fully saturated rings. The molecule has 1 aliphatic carbocycles. The van der Waals surface area contributed by atoms with Gasteiger partial charge in [0.2, 0.25) is 5.91 Å². The molecule has 0 bridgehead atoms. The number of thiophene rings is 1. The van der Waals surface area contributed by atoms with Gasteiger partial charge in [-0.1, -0.05) is 0 Å². The molecule has 4 nitrogen and oxygen atoms in total. The van der Waals surface area contributed by atoms with Crippen LogP contribution in [0.5, 0.6) is 0 Å². The van der Waals surface area contributed by atoms with Crippen molar-refractivity contribution in [1.29, 1.82) is 0 Å². The summed E-state index contributed by atoms with van der Waals surface area (Å²) in [4.78, 5) is 28.2. The minimum atomic E-state index is 0.0665. The van der Waals surface area contributed by atoms with Crippen molar-refractivity contribution in [3.63, 3.8) is 0 Å². The number of amides is 2. The van der Waals surface area contributed by atoms with Gasteiger partial charge in [0.15, 0.2) is 0 Å². The summed E-state index contributed by atoms with van der Waals surface area (Å²) in [7, 11) is 1.69. The highest BCUT2D eigenvalue weighted by molar-refractivity contribution is 7.14. The van der Waals surface area contributed by atoms with Crippen molar-refractivity contribution in [2.45, 2.75) is 32.1 Å². The number of nitrogens with one attached hydrogen (secondary N) is 1. The second kappa shape index (κ2) is 5.56. The fourth-order valence-electron chi connectivity index (χ4n) is 3.13. The summed E-state index contributed by atoms with van der Waals surface area (Å²) in [5.41, 5.74) is 1.21. The van der Waals surface area contributed by atoms with Gasteiger partial charge in [0.25, 0.3) is 5.91 Å². The molecule has 0 spiro atoms. The summed E-state index contributed by atoms with van der Waals surface area (Å²) in [6.45, 7) is 1.78. The van der Waals surface area contributed by atoms with E-state index in [1.165, 1.54) is 10.4 Å². The van der Waals surface area contributed by atoms with Crippen molar-refractivity contribution in [1.82, 2.24) is 10.2 Å².